The molecule has 0 aromatic heterocycles. The zero-order valence-electron chi connectivity index (χ0n) is 9.45. The lowest BCUT2D eigenvalue weighted by Gasteiger charge is -2.32. The summed E-state index contributed by atoms with van der Waals surface area (Å²) in [5, 5.41) is 0. The van der Waals surface area contributed by atoms with Gasteiger partial charge in [-0.05, 0) is 43.9 Å². The molecule has 2 aliphatic rings. The van der Waals surface area contributed by atoms with Crippen LogP contribution in [0.15, 0.2) is 12.7 Å². The van der Waals surface area contributed by atoms with Gasteiger partial charge in [-0.1, -0.05) is 6.08 Å². The van der Waals surface area contributed by atoms with E-state index in [0.717, 1.165) is 31.3 Å². The van der Waals surface area contributed by atoms with E-state index in [4.69, 9.17) is 0 Å². The van der Waals surface area contributed by atoms with Gasteiger partial charge >= 0.3 is 0 Å². The minimum absolute atomic E-state index is 0.323. The van der Waals surface area contributed by atoms with Crippen LogP contribution in [0.3, 0.4) is 0 Å². The number of allylic oxidation sites excluding steroid dienone is 1. The highest BCUT2D eigenvalue weighted by atomic mass is 16.2. The fraction of sp³-hybridized carbons (Fsp3) is 0.769. The van der Waals surface area contributed by atoms with Gasteiger partial charge in [0.25, 0.3) is 0 Å². The topological polar surface area (TPSA) is 20.3 Å². The van der Waals surface area contributed by atoms with Crippen LogP contribution in [0.2, 0.25) is 0 Å². The van der Waals surface area contributed by atoms with Crippen molar-refractivity contribution in [3.63, 3.8) is 0 Å². The van der Waals surface area contributed by atoms with Crippen LogP contribution in [0.25, 0.3) is 0 Å². The van der Waals surface area contributed by atoms with Crippen molar-refractivity contribution in [3.05, 3.63) is 12.7 Å². The van der Waals surface area contributed by atoms with E-state index in [2.05, 4.69) is 6.58 Å². The Morgan fingerprint density at radius 3 is 2.33 bits per heavy atom. The maximum Gasteiger partial charge on any atom is 0.222 e. The predicted octanol–water partition coefficient (Wildman–Crippen LogP) is 2.60. The maximum atomic E-state index is 11.7. The molecule has 84 valence electrons. The molecule has 0 bridgehead atoms. The van der Waals surface area contributed by atoms with Crippen LogP contribution in [0.1, 0.15) is 38.5 Å². The highest BCUT2D eigenvalue weighted by Gasteiger charge is 2.34. The number of carbonyl (C=O) groups excluding carboxylic acids is 1. The molecule has 1 saturated heterocycles. The van der Waals surface area contributed by atoms with E-state index in [1.165, 1.54) is 25.7 Å². The lowest BCUT2D eigenvalue weighted by atomic mass is 9.92. The van der Waals surface area contributed by atoms with Crippen LogP contribution >= 0.6 is 0 Å². The molecule has 0 aromatic carbocycles. The van der Waals surface area contributed by atoms with Gasteiger partial charge < -0.3 is 4.90 Å². The molecule has 1 amide bonds. The van der Waals surface area contributed by atoms with E-state index in [1.54, 1.807) is 0 Å². The lowest BCUT2D eigenvalue weighted by molar-refractivity contribution is -0.132. The fourth-order valence-electron chi connectivity index (χ4n) is 2.57. The van der Waals surface area contributed by atoms with Crippen molar-refractivity contribution in [2.45, 2.75) is 38.5 Å². The van der Waals surface area contributed by atoms with Gasteiger partial charge in [0.15, 0.2) is 0 Å². The van der Waals surface area contributed by atoms with Crippen molar-refractivity contribution in [2.24, 2.45) is 11.8 Å². The lowest BCUT2D eigenvalue weighted by Crippen LogP contribution is -2.38. The summed E-state index contributed by atoms with van der Waals surface area (Å²) < 4.78 is 0. The highest BCUT2D eigenvalue weighted by Crippen LogP contribution is 2.41. The van der Waals surface area contributed by atoms with Crippen LogP contribution in [-0.4, -0.2) is 23.9 Å². The van der Waals surface area contributed by atoms with Crippen LogP contribution in [0.4, 0.5) is 0 Å². The second-order valence-corrected chi connectivity index (χ2v) is 4.88. The Balaban J connectivity index is 1.71. The van der Waals surface area contributed by atoms with E-state index in [1.807, 2.05) is 11.0 Å². The van der Waals surface area contributed by atoms with Gasteiger partial charge in [0.2, 0.25) is 5.91 Å². The summed E-state index contributed by atoms with van der Waals surface area (Å²) in [6, 6.07) is 0. The number of nitrogens with zero attached hydrogens (tertiary/aromatic N) is 1. The molecule has 1 heterocycles. The Morgan fingerprint density at radius 2 is 1.80 bits per heavy atom. The van der Waals surface area contributed by atoms with E-state index < -0.39 is 0 Å². The molecule has 15 heavy (non-hydrogen) atoms. The molecule has 0 radical (unpaired) electrons. The van der Waals surface area contributed by atoms with Crippen LogP contribution < -0.4 is 0 Å². The molecule has 0 atom stereocenters. The first-order chi connectivity index (χ1) is 7.31. The second-order valence-electron chi connectivity index (χ2n) is 4.88. The Morgan fingerprint density at radius 1 is 1.20 bits per heavy atom. The highest BCUT2D eigenvalue weighted by molar-refractivity contribution is 5.76. The van der Waals surface area contributed by atoms with Gasteiger partial charge in [-0.25, -0.2) is 0 Å². The molecule has 2 fully saturated rings. The third-order valence-electron chi connectivity index (χ3n) is 3.74. The van der Waals surface area contributed by atoms with Gasteiger partial charge in [0.05, 0.1) is 0 Å². The molecular weight excluding hydrogens is 186 g/mol. The summed E-state index contributed by atoms with van der Waals surface area (Å²) in [6.07, 6.45) is 8.66. The Bertz CT molecular complexity index is 237. The largest absolute Gasteiger partial charge is 0.343 e. The summed E-state index contributed by atoms with van der Waals surface area (Å²) >= 11 is 0. The standard InChI is InChI=1S/C13H21NO/c1-2-3-4-13(15)14-9-7-12(8-10-14)11-5-6-11/h2,11-12H,1,3-10H2. The van der Waals surface area contributed by atoms with Crippen molar-refractivity contribution in [1.29, 1.82) is 0 Å². The molecular formula is C13H21NO. The molecule has 0 aromatic rings. The molecule has 1 aliphatic carbocycles. The number of likely N-dealkylation sites (tertiary alicyclic amines) is 1. The SMILES string of the molecule is C=CCCC(=O)N1CCC(C2CC2)CC1. The van der Waals surface area contributed by atoms with Crippen molar-refractivity contribution >= 4 is 5.91 Å². The zero-order valence-corrected chi connectivity index (χ0v) is 9.45. The quantitative estimate of drug-likeness (QED) is 0.649. The number of hydrogen-bond donors (Lipinski definition) is 0. The summed E-state index contributed by atoms with van der Waals surface area (Å²) in [7, 11) is 0. The second kappa shape index (κ2) is 4.82. The summed E-state index contributed by atoms with van der Waals surface area (Å²) in [5.74, 6) is 2.26. The first-order valence-corrected chi connectivity index (χ1v) is 6.20. The average molecular weight is 207 g/mol. The average Bonchev–Trinajstić information content (AvgIpc) is 3.10. The van der Waals surface area contributed by atoms with E-state index in [-0.39, 0.29) is 0 Å². The number of piperidine rings is 1. The third kappa shape index (κ3) is 2.83. The van der Waals surface area contributed by atoms with E-state index in [0.29, 0.717) is 12.3 Å². The number of rotatable bonds is 4. The molecule has 0 N–H and O–H groups in total. The van der Waals surface area contributed by atoms with Crippen LogP contribution in [-0.2, 0) is 4.79 Å². The smallest absolute Gasteiger partial charge is 0.222 e. The molecule has 1 aliphatic heterocycles. The first-order valence-electron chi connectivity index (χ1n) is 6.20. The van der Waals surface area contributed by atoms with E-state index in [9.17, 15) is 4.79 Å². The first kappa shape index (κ1) is 10.7. The minimum Gasteiger partial charge on any atom is -0.343 e. The fourth-order valence-corrected chi connectivity index (χ4v) is 2.57. The normalized spacial score (nSPS) is 22.8. The van der Waals surface area contributed by atoms with Crippen LogP contribution in [0.5, 0.6) is 0 Å². The van der Waals surface area contributed by atoms with Crippen LogP contribution in [0, 0.1) is 11.8 Å². The van der Waals surface area contributed by atoms with Crippen molar-refractivity contribution < 1.29 is 4.79 Å². The Kier molecular flexibility index (Phi) is 3.45. The Labute approximate surface area is 92.3 Å². The molecule has 2 rings (SSSR count). The van der Waals surface area contributed by atoms with Crippen molar-refractivity contribution in [1.82, 2.24) is 4.90 Å². The molecule has 2 heteroatoms. The Hall–Kier alpha value is -0.790. The molecule has 0 spiro atoms. The van der Waals surface area contributed by atoms with E-state index >= 15 is 0 Å². The number of hydrogen-bond acceptors (Lipinski definition) is 1. The summed E-state index contributed by atoms with van der Waals surface area (Å²) in [6.45, 7) is 5.64. The molecule has 0 unspecified atom stereocenters. The number of carbonyl (C=O) groups is 1. The third-order valence-corrected chi connectivity index (χ3v) is 3.74. The van der Waals surface area contributed by atoms with Gasteiger partial charge in [-0.3, -0.25) is 4.79 Å². The van der Waals surface area contributed by atoms with Gasteiger partial charge in [-0.15, -0.1) is 6.58 Å². The molecule has 2 nitrogen and oxygen atoms in total. The summed E-state index contributed by atoms with van der Waals surface area (Å²) in [5.41, 5.74) is 0. The monoisotopic (exact) mass is 207 g/mol. The molecule has 1 saturated carbocycles. The zero-order chi connectivity index (χ0) is 10.7. The van der Waals surface area contributed by atoms with Crippen molar-refractivity contribution in [3.8, 4) is 0 Å². The number of amides is 1. The van der Waals surface area contributed by atoms with Crippen molar-refractivity contribution in [2.75, 3.05) is 13.1 Å². The van der Waals surface area contributed by atoms with Gasteiger partial charge in [0.1, 0.15) is 0 Å². The maximum absolute atomic E-state index is 11.7. The minimum atomic E-state index is 0.323. The predicted molar refractivity (Wildman–Crippen MR) is 61.5 cm³/mol. The summed E-state index contributed by atoms with van der Waals surface area (Å²) in [4.78, 5) is 13.8. The van der Waals surface area contributed by atoms with Gasteiger partial charge in [0, 0.05) is 19.5 Å². The van der Waals surface area contributed by atoms with Gasteiger partial charge in [-0.2, -0.15) is 0 Å².